The Morgan fingerprint density at radius 1 is 1.06 bits per heavy atom. The predicted octanol–water partition coefficient (Wildman–Crippen LogP) is 3.78. The summed E-state index contributed by atoms with van der Waals surface area (Å²) in [6, 6.07) is 15.0. The van der Waals surface area contributed by atoms with Gasteiger partial charge in [0.05, 0.1) is 12.3 Å². The Morgan fingerprint density at radius 2 is 1.65 bits per heavy atom. The second-order valence-corrected chi connectivity index (χ2v) is 8.68. The molecule has 180 valence electrons. The molecule has 7 nitrogen and oxygen atoms in total. The standard InChI is InChI=1S/C25H26F2N2O5/c1-2-14(11-21(30)31)29-23(32)22-20(25(22,26)27)12-28-24(33)34-13-19-17-9-5-3-7-15(17)16-8-4-6-10-18(16)19/h3-10,14,19-20,22H,2,11-13H2,1H3,(H,28,33)(H,29,32)(H,30,31)/t14-,20?,22?/m1/s1. The molecule has 0 aliphatic heterocycles. The SMILES string of the molecule is CC[C@H](CC(=O)O)NC(=O)C1C(CNC(=O)OCC2c3ccccc3-c3ccccc32)C1(F)F. The Balaban J connectivity index is 1.30. The third kappa shape index (κ3) is 4.60. The van der Waals surface area contributed by atoms with Crippen molar-refractivity contribution in [2.24, 2.45) is 11.8 Å². The van der Waals surface area contributed by atoms with Gasteiger partial charge in [-0.2, -0.15) is 0 Å². The van der Waals surface area contributed by atoms with Gasteiger partial charge >= 0.3 is 12.1 Å². The van der Waals surface area contributed by atoms with Gasteiger partial charge in [0, 0.05) is 18.5 Å². The van der Waals surface area contributed by atoms with Crippen molar-refractivity contribution in [2.75, 3.05) is 13.2 Å². The minimum Gasteiger partial charge on any atom is -0.481 e. The number of carbonyl (C=O) groups excluding carboxylic acids is 2. The Labute approximate surface area is 195 Å². The highest BCUT2D eigenvalue weighted by molar-refractivity contribution is 5.84. The molecule has 0 spiro atoms. The third-order valence-corrected chi connectivity index (χ3v) is 6.55. The van der Waals surface area contributed by atoms with E-state index in [1.54, 1.807) is 6.92 Å². The molecule has 0 bridgehead atoms. The molecule has 2 aliphatic carbocycles. The molecule has 2 aromatic rings. The molecule has 2 aliphatic rings. The number of carboxylic acids is 1. The number of fused-ring (bicyclic) bond motifs is 3. The number of carbonyl (C=O) groups is 3. The zero-order valence-electron chi connectivity index (χ0n) is 18.6. The summed E-state index contributed by atoms with van der Waals surface area (Å²) in [4.78, 5) is 35.3. The number of amides is 2. The van der Waals surface area contributed by atoms with Crippen molar-refractivity contribution < 1.29 is 33.0 Å². The number of alkyl carbamates (subject to hydrolysis) is 1. The lowest BCUT2D eigenvalue weighted by molar-refractivity contribution is -0.137. The van der Waals surface area contributed by atoms with Crippen LogP contribution in [0.1, 0.15) is 36.8 Å². The lowest BCUT2D eigenvalue weighted by atomic mass is 9.98. The van der Waals surface area contributed by atoms with Crippen molar-refractivity contribution in [3.63, 3.8) is 0 Å². The van der Waals surface area contributed by atoms with Gasteiger partial charge in [-0.1, -0.05) is 55.5 Å². The summed E-state index contributed by atoms with van der Waals surface area (Å²) in [5.74, 6) is -8.43. The van der Waals surface area contributed by atoms with Crippen molar-refractivity contribution in [1.82, 2.24) is 10.6 Å². The Kier molecular flexibility index (Phi) is 6.54. The highest BCUT2D eigenvalue weighted by Gasteiger charge is 2.71. The molecule has 34 heavy (non-hydrogen) atoms. The van der Waals surface area contributed by atoms with E-state index in [0.29, 0.717) is 6.42 Å². The first-order valence-corrected chi connectivity index (χ1v) is 11.2. The van der Waals surface area contributed by atoms with E-state index >= 15 is 0 Å². The van der Waals surface area contributed by atoms with Crippen molar-refractivity contribution >= 4 is 18.0 Å². The van der Waals surface area contributed by atoms with Crippen molar-refractivity contribution in [2.45, 2.75) is 37.6 Å². The summed E-state index contributed by atoms with van der Waals surface area (Å²) in [5, 5.41) is 13.6. The second-order valence-electron chi connectivity index (χ2n) is 8.68. The van der Waals surface area contributed by atoms with Crippen LogP contribution in [0, 0.1) is 11.8 Å². The van der Waals surface area contributed by atoms with Crippen LogP contribution in [0.4, 0.5) is 13.6 Å². The number of halogens is 2. The topological polar surface area (TPSA) is 105 Å². The van der Waals surface area contributed by atoms with Crippen LogP contribution in [-0.2, 0) is 14.3 Å². The first kappa shape index (κ1) is 23.7. The smallest absolute Gasteiger partial charge is 0.407 e. The van der Waals surface area contributed by atoms with Gasteiger partial charge in [-0.15, -0.1) is 0 Å². The van der Waals surface area contributed by atoms with Crippen LogP contribution in [-0.4, -0.2) is 48.2 Å². The predicted molar refractivity (Wildman–Crippen MR) is 119 cm³/mol. The zero-order chi connectivity index (χ0) is 24.5. The fourth-order valence-electron chi connectivity index (χ4n) is 4.64. The summed E-state index contributed by atoms with van der Waals surface area (Å²) in [5.41, 5.74) is 4.22. The van der Waals surface area contributed by atoms with Gasteiger partial charge in [0.2, 0.25) is 5.91 Å². The maximum Gasteiger partial charge on any atom is 0.407 e. The third-order valence-electron chi connectivity index (χ3n) is 6.55. The number of aliphatic carboxylic acids is 1. The molecule has 0 aromatic heterocycles. The lowest BCUT2D eigenvalue weighted by Gasteiger charge is -2.15. The lowest BCUT2D eigenvalue weighted by Crippen LogP contribution is -2.38. The number of hydrogen-bond donors (Lipinski definition) is 3. The number of carboxylic acid groups (broad SMARTS) is 1. The van der Waals surface area contributed by atoms with Crippen LogP contribution in [0.3, 0.4) is 0 Å². The summed E-state index contributed by atoms with van der Waals surface area (Å²) in [6.45, 7) is 1.30. The maximum absolute atomic E-state index is 14.2. The summed E-state index contributed by atoms with van der Waals surface area (Å²) < 4.78 is 33.7. The van der Waals surface area contributed by atoms with Gasteiger partial charge in [0.1, 0.15) is 12.5 Å². The molecular formula is C25H26F2N2O5. The average Bonchev–Trinajstić information content (AvgIpc) is 3.22. The number of nitrogens with one attached hydrogen (secondary N) is 2. The van der Waals surface area contributed by atoms with Gasteiger partial charge in [-0.05, 0) is 28.7 Å². The molecular weight excluding hydrogens is 446 g/mol. The van der Waals surface area contributed by atoms with E-state index in [9.17, 15) is 23.2 Å². The van der Waals surface area contributed by atoms with Crippen LogP contribution in [0.5, 0.6) is 0 Å². The molecule has 4 rings (SSSR count). The number of hydrogen-bond acceptors (Lipinski definition) is 4. The van der Waals surface area contributed by atoms with Gasteiger partial charge in [0.25, 0.3) is 5.92 Å². The fraction of sp³-hybridized carbons (Fsp3) is 0.400. The molecule has 9 heteroatoms. The van der Waals surface area contributed by atoms with Gasteiger partial charge < -0.3 is 20.5 Å². The Hall–Kier alpha value is -3.49. The normalized spacial score (nSPS) is 20.6. The monoisotopic (exact) mass is 472 g/mol. The van der Waals surface area contributed by atoms with E-state index in [1.165, 1.54) is 0 Å². The van der Waals surface area contributed by atoms with Crippen LogP contribution < -0.4 is 10.6 Å². The van der Waals surface area contributed by atoms with Crippen molar-refractivity contribution in [3.8, 4) is 11.1 Å². The number of benzene rings is 2. The molecule has 0 radical (unpaired) electrons. The van der Waals surface area contributed by atoms with E-state index in [2.05, 4.69) is 10.6 Å². The van der Waals surface area contributed by atoms with Crippen molar-refractivity contribution in [1.29, 1.82) is 0 Å². The van der Waals surface area contributed by atoms with Crippen LogP contribution in [0.2, 0.25) is 0 Å². The highest BCUT2D eigenvalue weighted by atomic mass is 19.3. The average molecular weight is 472 g/mol. The van der Waals surface area contributed by atoms with Gasteiger partial charge in [-0.25, -0.2) is 13.6 Å². The number of rotatable bonds is 9. The van der Waals surface area contributed by atoms with Crippen LogP contribution in [0.25, 0.3) is 11.1 Å². The minimum atomic E-state index is -3.28. The molecule has 3 N–H and O–H groups in total. The minimum absolute atomic E-state index is 0.0538. The molecule has 2 unspecified atom stereocenters. The highest BCUT2D eigenvalue weighted by Crippen LogP contribution is 2.55. The first-order valence-electron chi connectivity index (χ1n) is 11.2. The van der Waals surface area contributed by atoms with E-state index < -0.39 is 48.3 Å². The first-order chi connectivity index (χ1) is 16.2. The zero-order valence-corrected chi connectivity index (χ0v) is 18.6. The van der Waals surface area contributed by atoms with E-state index in [-0.39, 0.29) is 18.9 Å². The van der Waals surface area contributed by atoms with Crippen molar-refractivity contribution in [3.05, 3.63) is 59.7 Å². The molecule has 1 saturated carbocycles. The number of ether oxygens (including phenoxy) is 1. The molecule has 3 atom stereocenters. The van der Waals surface area contributed by atoms with Crippen LogP contribution >= 0.6 is 0 Å². The van der Waals surface area contributed by atoms with E-state index in [0.717, 1.165) is 22.3 Å². The molecule has 2 amide bonds. The van der Waals surface area contributed by atoms with Crippen LogP contribution in [0.15, 0.2) is 48.5 Å². The largest absolute Gasteiger partial charge is 0.481 e. The second kappa shape index (κ2) is 9.40. The fourth-order valence-corrected chi connectivity index (χ4v) is 4.64. The number of alkyl halides is 2. The molecule has 1 fully saturated rings. The van der Waals surface area contributed by atoms with Gasteiger partial charge in [0.15, 0.2) is 0 Å². The molecule has 0 heterocycles. The summed E-state index contributed by atoms with van der Waals surface area (Å²) in [7, 11) is 0. The quantitative estimate of drug-likeness (QED) is 0.515. The van der Waals surface area contributed by atoms with E-state index in [1.807, 2.05) is 48.5 Å². The molecule has 0 saturated heterocycles. The van der Waals surface area contributed by atoms with E-state index in [4.69, 9.17) is 9.84 Å². The summed E-state index contributed by atoms with van der Waals surface area (Å²) >= 11 is 0. The van der Waals surface area contributed by atoms with Gasteiger partial charge in [-0.3, -0.25) is 9.59 Å². The summed E-state index contributed by atoms with van der Waals surface area (Å²) in [6.07, 6.45) is -0.872. The maximum atomic E-state index is 14.2. The molecule has 2 aromatic carbocycles. The Morgan fingerprint density at radius 3 is 2.21 bits per heavy atom. The Bertz CT molecular complexity index is 1060.